The number of amides is 2. The zero-order chi connectivity index (χ0) is 21.6. The van der Waals surface area contributed by atoms with Crippen molar-refractivity contribution in [3.8, 4) is 0 Å². The molecular weight excluding hydrogens is 388 g/mol. The van der Waals surface area contributed by atoms with Gasteiger partial charge in [-0.1, -0.05) is 30.3 Å². The lowest BCUT2D eigenvalue weighted by Crippen LogP contribution is -2.42. The maximum atomic E-state index is 12.8. The summed E-state index contributed by atoms with van der Waals surface area (Å²) < 4.78 is 1.80. The molecule has 31 heavy (non-hydrogen) atoms. The molecule has 0 atom stereocenters. The first-order valence-electron chi connectivity index (χ1n) is 11.8. The van der Waals surface area contributed by atoms with Gasteiger partial charge >= 0.3 is 0 Å². The molecule has 166 valence electrons. The van der Waals surface area contributed by atoms with E-state index in [9.17, 15) is 9.59 Å². The fourth-order valence-corrected chi connectivity index (χ4v) is 5.04. The number of carbonyl (C=O) groups excluding carboxylic acids is 2. The van der Waals surface area contributed by atoms with Crippen LogP contribution in [0.25, 0.3) is 0 Å². The van der Waals surface area contributed by atoms with Crippen molar-refractivity contribution in [3.63, 3.8) is 0 Å². The van der Waals surface area contributed by atoms with Crippen molar-refractivity contribution in [2.24, 2.45) is 11.8 Å². The second-order valence-electron chi connectivity index (χ2n) is 9.06. The summed E-state index contributed by atoms with van der Waals surface area (Å²) in [6, 6.07) is 10.8. The van der Waals surface area contributed by atoms with Crippen molar-refractivity contribution >= 4 is 17.5 Å². The number of aryl methyl sites for hydroxylation is 1. The van der Waals surface area contributed by atoms with E-state index >= 15 is 0 Å². The number of aromatic nitrogens is 2. The van der Waals surface area contributed by atoms with E-state index in [2.05, 4.69) is 40.7 Å². The smallest absolute Gasteiger partial charge is 0.227 e. The monoisotopic (exact) mass is 422 g/mol. The van der Waals surface area contributed by atoms with Crippen LogP contribution in [0.1, 0.15) is 63.4 Å². The maximum Gasteiger partial charge on any atom is 0.227 e. The lowest BCUT2D eigenvalue weighted by atomic mass is 9.77. The Labute approximate surface area is 185 Å². The zero-order valence-electron chi connectivity index (χ0n) is 18.5. The molecule has 1 aliphatic heterocycles. The highest BCUT2D eigenvalue weighted by Gasteiger charge is 2.30. The minimum absolute atomic E-state index is 0.0321. The molecule has 1 aliphatic carbocycles. The highest BCUT2D eigenvalue weighted by atomic mass is 16.2. The van der Waals surface area contributed by atoms with Gasteiger partial charge in [0.15, 0.2) is 0 Å². The maximum absolute atomic E-state index is 12.8. The van der Waals surface area contributed by atoms with Crippen LogP contribution in [0.15, 0.2) is 42.7 Å². The number of carbonyl (C=O) groups is 2. The second-order valence-corrected chi connectivity index (χ2v) is 9.06. The predicted octanol–water partition coefficient (Wildman–Crippen LogP) is 4.44. The molecule has 2 aliphatic rings. The summed E-state index contributed by atoms with van der Waals surface area (Å²) in [5.41, 5.74) is 2.19. The summed E-state index contributed by atoms with van der Waals surface area (Å²) in [5.74, 6) is 1.43. The Balaban J connectivity index is 1.18. The van der Waals surface area contributed by atoms with Crippen LogP contribution in [0.4, 0.5) is 5.69 Å². The van der Waals surface area contributed by atoms with E-state index in [1.807, 2.05) is 18.0 Å². The molecule has 1 aromatic carbocycles. The molecule has 2 fully saturated rings. The summed E-state index contributed by atoms with van der Waals surface area (Å²) in [5, 5.41) is 7.16. The van der Waals surface area contributed by atoms with Crippen LogP contribution in [0.3, 0.4) is 0 Å². The van der Waals surface area contributed by atoms with Crippen molar-refractivity contribution in [1.82, 2.24) is 14.7 Å². The molecule has 1 N–H and O–H groups in total. The Hall–Kier alpha value is -2.63. The van der Waals surface area contributed by atoms with E-state index < -0.39 is 0 Å². The van der Waals surface area contributed by atoms with Gasteiger partial charge in [0.25, 0.3) is 0 Å². The van der Waals surface area contributed by atoms with Gasteiger partial charge in [-0.15, -0.1) is 0 Å². The number of rotatable bonds is 6. The molecule has 2 amide bonds. The van der Waals surface area contributed by atoms with Crippen LogP contribution in [-0.4, -0.2) is 39.6 Å². The van der Waals surface area contributed by atoms with Gasteiger partial charge in [0.1, 0.15) is 0 Å². The minimum atomic E-state index is -0.0321. The summed E-state index contributed by atoms with van der Waals surface area (Å²) in [6.07, 6.45) is 10.3. The molecular formula is C25H34N4O2. The van der Waals surface area contributed by atoms with E-state index in [0.29, 0.717) is 31.3 Å². The summed E-state index contributed by atoms with van der Waals surface area (Å²) in [7, 11) is 0. The molecule has 0 unspecified atom stereocenters. The van der Waals surface area contributed by atoms with Crippen molar-refractivity contribution in [2.45, 2.75) is 64.3 Å². The highest BCUT2D eigenvalue weighted by molar-refractivity contribution is 5.92. The fourth-order valence-electron chi connectivity index (χ4n) is 5.04. The van der Waals surface area contributed by atoms with Crippen LogP contribution in [0.5, 0.6) is 0 Å². The molecule has 6 nitrogen and oxygen atoms in total. The molecule has 0 radical (unpaired) electrons. The van der Waals surface area contributed by atoms with E-state index in [0.717, 1.165) is 37.9 Å². The van der Waals surface area contributed by atoms with Crippen LogP contribution in [0.2, 0.25) is 0 Å². The first kappa shape index (κ1) is 21.6. The normalized spacial score (nSPS) is 22.3. The lowest BCUT2D eigenvalue weighted by Gasteiger charge is -2.34. The number of hydrogen-bond donors (Lipinski definition) is 1. The largest absolute Gasteiger partial charge is 0.343 e. The molecule has 0 bridgehead atoms. The number of likely N-dealkylation sites (tertiary alicyclic amines) is 1. The Morgan fingerprint density at radius 1 is 1.03 bits per heavy atom. The van der Waals surface area contributed by atoms with E-state index in [-0.39, 0.29) is 17.7 Å². The van der Waals surface area contributed by atoms with Gasteiger partial charge in [0.05, 0.1) is 11.9 Å². The molecule has 0 spiro atoms. The zero-order valence-corrected chi connectivity index (χ0v) is 18.5. The molecule has 2 aromatic rings. The molecule has 2 heterocycles. The molecule has 6 heteroatoms. The lowest BCUT2D eigenvalue weighted by molar-refractivity contribution is -0.135. The summed E-state index contributed by atoms with van der Waals surface area (Å²) in [4.78, 5) is 27.4. The Morgan fingerprint density at radius 3 is 2.39 bits per heavy atom. The van der Waals surface area contributed by atoms with Gasteiger partial charge in [-0.2, -0.15) is 5.10 Å². The fraction of sp³-hybridized carbons (Fsp3) is 0.560. The number of nitrogens with one attached hydrogen (secondary N) is 1. The van der Waals surface area contributed by atoms with Gasteiger partial charge in [-0.3, -0.25) is 14.3 Å². The van der Waals surface area contributed by atoms with E-state index in [4.69, 9.17) is 0 Å². The van der Waals surface area contributed by atoms with Crippen LogP contribution in [-0.2, 0) is 16.1 Å². The van der Waals surface area contributed by atoms with Gasteiger partial charge in [0, 0.05) is 38.2 Å². The molecule has 1 saturated heterocycles. The number of benzene rings is 1. The standard InChI is InChI=1S/C25H34N4O2/c1-2-29-18-23(17-26-29)27-25(31)22-12-14-28(15-13-22)24(30)16-19-8-10-21(11-9-19)20-6-4-3-5-7-20/h3-7,17-19,21-22H,2,8-16H2,1H3,(H,27,31). The molecule has 1 aromatic heterocycles. The van der Waals surface area contributed by atoms with Gasteiger partial charge in [-0.25, -0.2) is 0 Å². The Kier molecular flexibility index (Phi) is 7.05. The minimum Gasteiger partial charge on any atom is -0.343 e. The second kappa shape index (κ2) is 10.1. The third-order valence-corrected chi connectivity index (χ3v) is 7.02. The Morgan fingerprint density at radius 2 is 1.74 bits per heavy atom. The van der Waals surface area contributed by atoms with Gasteiger partial charge < -0.3 is 10.2 Å². The summed E-state index contributed by atoms with van der Waals surface area (Å²) >= 11 is 0. The Bertz CT molecular complexity index is 863. The van der Waals surface area contributed by atoms with Crippen molar-refractivity contribution in [2.75, 3.05) is 18.4 Å². The van der Waals surface area contributed by atoms with Gasteiger partial charge in [-0.05, 0) is 62.8 Å². The SMILES string of the molecule is CCn1cc(NC(=O)C2CCN(C(=O)CC3CCC(c4ccccc4)CC3)CC2)cn1. The van der Waals surface area contributed by atoms with Crippen molar-refractivity contribution < 1.29 is 9.59 Å². The number of piperidine rings is 1. The van der Waals surface area contributed by atoms with Crippen molar-refractivity contribution in [3.05, 3.63) is 48.3 Å². The first-order valence-corrected chi connectivity index (χ1v) is 11.8. The van der Waals surface area contributed by atoms with E-state index in [1.165, 1.54) is 18.4 Å². The summed E-state index contributed by atoms with van der Waals surface area (Å²) in [6.45, 7) is 4.17. The topological polar surface area (TPSA) is 67.2 Å². The van der Waals surface area contributed by atoms with Crippen LogP contribution in [0, 0.1) is 11.8 Å². The number of anilines is 1. The molecule has 1 saturated carbocycles. The average molecular weight is 423 g/mol. The molecule has 4 rings (SSSR count). The predicted molar refractivity (Wildman–Crippen MR) is 122 cm³/mol. The van der Waals surface area contributed by atoms with Crippen molar-refractivity contribution in [1.29, 1.82) is 0 Å². The third-order valence-electron chi connectivity index (χ3n) is 7.02. The van der Waals surface area contributed by atoms with Crippen LogP contribution >= 0.6 is 0 Å². The van der Waals surface area contributed by atoms with Gasteiger partial charge in [0.2, 0.25) is 11.8 Å². The number of nitrogens with zero attached hydrogens (tertiary/aromatic N) is 3. The first-order chi connectivity index (χ1) is 15.1. The van der Waals surface area contributed by atoms with E-state index in [1.54, 1.807) is 10.9 Å². The quantitative estimate of drug-likeness (QED) is 0.748. The highest BCUT2D eigenvalue weighted by Crippen LogP contribution is 2.37. The third kappa shape index (κ3) is 5.54. The number of hydrogen-bond acceptors (Lipinski definition) is 3. The van der Waals surface area contributed by atoms with Crippen LogP contribution < -0.4 is 5.32 Å². The average Bonchev–Trinajstić information content (AvgIpc) is 3.28.